The standard InChI is InChI=1S/C21H22F2N2O3/c22-21(23)28-19-7-3-15(4-8-19)11-25-13-17-9-18(25)12-24(17)10-14-1-5-16(6-2-14)20(26)27/h1-8,17-18,21H,9-13H2,(H,26,27)/t17-,18-/m0/s1. The fourth-order valence-corrected chi connectivity index (χ4v) is 4.22. The Hall–Kier alpha value is -2.51. The van der Waals surface area contributed by atoms with E-state index in [0.29, 0.717) is 17.6 Å². The van der Waals surface area contributed by atoms with E-state index in [-0.39, 0.29) is 5.75 Å². The van der Waals surface area contributed by atoms with Crippen LogP contribution in [0.5, 0.6) is 5.75 Å². The van der Waals surface area contributed by atoms with Crippen LogP contribution in [0, 0.1) is 0 Å². The number of nitrogens with zero attached hydrogens (tertiary/aromatic N) is 2. The van der Waals surface area contributed by atoms with Crippen molar-refractivity contribution in [2.75, 3.05) is 13.1 Å². The molecule has 148 valence electrons. The molecule has 2 fully saturated rings. The number of ether oxygens (including phenoxy) is 1. The first-order chi connectivity index (χ1) is 13.5. The number of alkyl halides is 2. The fraction of sp³-hybridized carbons (Fsp3) is 0.381. The number of aromatic carboxylic acids is 1. The van der Waals surface area contributed by atoms with Crippen LogP contribution in [0.3, 0.4) is 0 Å². The van der Waals surface area contributed by atoms with Crippen LogP contribution in [-0.4, -0.2) is 52.7 Å². The van der Waals surface area contributed by atoms with E-state index in [1.165, 1.54) is 0 Å². The van der Waals surface area contributed by atoms with Crippen LogP contribution in [-0.2, 0) is 13.1 Å². The highest BCUT2D eigenvalue weighted by atomic mass is 19.3. The summed E-state index contributed by atoms with van der Waals surface area (Å²) in [6.45, 7) is 0.795. The van der Waals surface area contributed by atoms with Crippen molar-refractivity contribution < 1.29 is 23.4 Å². The molecular weight excluding hydrogens is 366 g/mol. The Morgan fingerprint density at radius 1 is 0.964 bits per heavy atom. The number of rotatable bonds is 7. The van der Waals surface area contributed by atoms with Gasteiger partial charge in [0.05, 0.1) is 5.56 Å². The molecule has 2 aromatic rings. The molecule has 4 rings (SSSR count). The monoisotopic (exact) mass is 388 g/mol. The third-order valence-corrected chi connectivity index (χ3v) is 5.59. The number of carbonyl (C=O) groups is 1. The van der Waals surface area contributed by atoms with E-state index in [9.17, 15) is 13.6 Å². The van der Waals surface area contributed by atoms with Crippen LogP contribution < -0.4 is 4.74 Å². The summed E-state index contributed by atoms with van der Waals surface area (Å²) in [5, 5.41) is 8.99. The zero-order valence-corrected chi connectivity index (χ0v) is 15.3. The van der Waals surface area contributed by atoms with Gasteiger partial charge < -0.3 is 9.84 Å². The maximum absolute atomic E-state index is 12.2. The Morgan fingerprint density at radius 2 is 1.46 bits per heavy atom. The molecular formula is C21H22F2N2O3. The van der Waals surface area contributed by atoms with Crippen molar-refractivity contribution in [2.45, 2.75) is 38.2 Å². The zero-order chi connectivity index (χ0) is 19.7. The maximum atomic E-state index is 12.2. The lowest BCUT2D eigenvalue weighted by atomic mass is 10.1. The van der Waals surface area contributed by atoms with Crippen molar-refractivity contribution in [3.8, 4) is 5.75 Å². The van der Waals surface area contributed by atoms with Crippen LogP contribution in [0.1, 0.15) is 27.9 Å². The number of likely N-dealkylation sites (tertiary alicyclic amines) is 2. The maximum Gasteiger partial charge on any atom is 0.387 e. The molecule has 0 aliphatic carbocycles. The number of fused-ring (bicyclic) bond motifs is 2. The highest BCUT2D eigenvalue weighted by Crippen LogP contribution is 2.33. The van der Waals surface area contributed by atoms with Gasteiger partial charge >= 0.3 is 12.6 Å². The van der Waals surface area contributed by atoms with Crippen LogP contribution in [0.2, 0.25) is 0 Å². The number of halogens is 2. The molecule has 0 amide bonds. The highest BCUT2D eigenvalue weighted by Gasteiger charge is 2.42. The van der Waals surface area contributed by atoms with Gasteiger partial charge in [0.15, 0.2) is 0 Å². The zero-order valence-electron chi connectivity index (χ0n) is 15.3. The molecule has 2 heterocycles. The first-order valence-electron chi connectivity index (χ1n) is 9.32. The molecule has 1 N–H and O–H groups in total. The predicted molar refractivity (Wildman–Crippen MR) is 99.5 cm³/mol. The number of carboxylic acid groups (broad SMARTS) is 1. The molecule has 7 heteroatoms. The molecule has 2 bridgehead atoms. The van der Waals surface area contributed by atoms with Gasteiger partial charge in [0.2, 0.25) is 0 Å². The molecule has 0 unspecified atom stereocenters. The lowest BCUT2D eigenvalue weighted by molar-refractivity contribution is -0.0498. The summed E-state index contributed by atoms with van der Waals surface area (Å²) in [6.07, 6.45) is 1.12. The molecule has 0 saturated carbocycles. The minimum absolute atomic E-state index is 0.182. The number of hydrogen-bond donors (Lipinski definition) is 1. The number of piperazine rings is 1. The summed E-state index contributed by atoms with van der Waals surface area (Å²) in [5.41, 5.74) is 2.52. The quantitative estimate of drug-likeness (QED) is 0.788. The first kappa shape index (κ1) is 18.8. The molecule has 0 spiro atoms. The van der Waals surface area contributed by atoms with Crippen molar-refractivity contribution in [1.29, 1.82) is 0 Å². The smallest absolute Gasteiger partial charge is 0.387 e. The Labute approximate surface area is 162 Å². The van der Waals surface area contributed by atoms with Crippen molar-refractivity contribution in [3.05, 3.63) is 65.2 Å². The largest absolute Gasteiger partial charge is 0.478 e. The number of benzene rings is 2. The van der Waals surface area contributed by atoms with Gasteiger partial charge in [-0.25, -0.2) is 4.79 Å². The normalized spacial score (nSPS) is 22.1. The van der Waals surface area contributed by atoms with Gasteiger partial charge in [-0.1, -0.05) is 24.3 Å². The summed E-state index contributed by atoms with van der Waals surface area (Å²) in [5.74, 6) is -0.724. The third kappa shape index (κ3) is 4.15. The van der Waals surface area contributed by atoms with E-state index < -0.39 is 12.6 Å². The van der Waals surface area contributed by atoms with E-state index in [1.807, 2.05) is 24.3 Å². The van der Waals surface area contributed by atoms with Crippen molar-refractivity contribution in [3.63, 3.8) is 0 Å². The Balaban J connectivity index is 1.30. The molecule has 2 aromatic carbocycles. The summed E-state index contributed by atoms with van der Waals surface area (Å²) in [6, 6.07) is 14.9. The van der Waals surface area contributed by atoms with Crippen LogP contribution >= 0.6 is 0 Å². The van der Waals surface area contributed by atoms with E-state index in [1.54, 1.807) is 24.3 Å². The molecule has 28 heavy (non-hydrogen) atoms. The molecule has 2 saturated heterocycles. The molecule has 2 aliphatic heterocycles. The second kappa shape index (κ2) is 7.85. The van der Waals surface area contributed by atoms with Crippen LogP contribution in [0.15, 0.2) is 48.5 Å². The minimum Gasteiger partial charge on any atom is -0.478 e. The topological polar surface area (TPSA) is 53.0 Å². The molecule has 0 radical (unpaired) electrons. The van der Waals surface area contributed by atoms with Crippen LogP contribution in [0.4, 0.5) is 8.78 Å². The van der Waals surface area contributed by atoms with Crippen molar-refractivity contribution in [2.24, 2.45) is 0 Å². The Kier molecular flexibility index (Phi) is 5.28. The molecule has 2 aliphatic rings. The van der Waals surface area contributed by atoms with Crippen LogP contribution in [0.25, 0.3) is 0 Å². The van der Waals surface area contributed by atoms with E-state index in [2.05, 4.69) is 14.5 Å². The van der Waals surface area contributed by atoms with Gasteiger partial charge in [0.25, 0.3) is 0 Å². The summed E-state index contributed by atoms with van der Waals surface area (Å²) in [4.78, 5) is 15.9. The SMILES string of the molecule is O=C(O)c1ccc(CN2C[C@@H]3C[C@H]2CN3Cc2ccc(OC(F)F)cc2)cc1. The van der Waals surface area contributed by atoms with Gasteiger partial charge in [-0.3, -0.25) is 9.80 Å². The second-order valence-electron chi connectivity index (χ2n) is 7.43. The average molecular weight is 388 g/mol. The Bertz CT molecular complexity index is 827. The van der Waals surface area contributed by atoms with Gasteiger partial charge in [-0.2, -0.15) is 8.78 Å². The molecule has 0 aromatic heterocycles. The van der Waals surface area contributed by atoms with E-state index in [0.717, 1.165) is 43.7 Å². The fourth-order valence-electron chi connectivity index (χ4n) is 4.22. The van der Waals surface area contributed by atoms with Gasteiger partial charge in [0, 0.05) is 38.3 Å². The highest BCUT2D eigenvalue weighted by molar-refractivity contribution is 5.87. The number of hydrogen-bond acceptors (Lipinski definition) is 4. The van der Waals surface area contributed by atoms with E-state index in [4.69, 9.17) is 5.11 Å². The minimum atomic E-state index is -2.80. The van der Waals surface area contributed by atoms with E-state index >= 15 is 0 Å². The van der Waals surface area contributed by atoms with Gasteiger partial charge in [-0.05, 0) is 41.8 Å². The second-order valence-corrected chi connectivity index (χ2v) is 7.43. The lowest BCUT2D eigenvalue weighted by Crippen LogP contribution is -2.45. The molecule has 2 atom stereocenters. The van der Waals surface area contributed by atoms with Gasteiger partial charge in [0.1, 0.15) is 5.75 Å². The lowest BCUT2D eigenvalue weighted by Gasteiger charge is -2.34. The number of carboxylic acids is 1. The predicted octanol–water partition coefficient (Wildman–Crippen LogP) is 3.44. The van der Waals surface area contributed by atoms with Gasteiger partial charge in [-0.15, -0.1) is 0 Å². The summed E-state index contributed by atoms with van der Waals surface area (Å²) in [7, 11) is 0. The first-order valence-corrected chi connectivity index (χ1v) is 9.32. The summed E-state index contributed by atoms with van der Waals surface area (Å²) >= 11 is 0. The van der Waals surface area contributed by atoms with Crippen molar-refractivity contribution in [1.82, 2.24) is 9.80 Å². The Morgan fingerprint density at radius 3 is 1.89 bits per heavy atom. The van der Waals surface area contributed by atoms with Crippen molar-refractivity contribution >= 4 is 5.97 Å². The molecule has 5 nitrogen and oxygen atoms in total. The average Bonchev–Trinajstić information content (AvgIpc) is 3.23. The third-order valence-electron chi connectivity index (χ3n) is 5.59. The summed E-state index contributed by atoms with van der Waals surface area (Å²) < 4.78 is 28.9.